The number of aromatic amines is 1. The standard InChI is InChI=1S/C19H15N7O5.C12H13N3O2.ClH/c20-14-7-15-21-12(6-13(18(28)29)26(15)24-14)17(27)22-11-4-2-8-5-9(1-3-10(8)11)16-23-19(30)31-25-16;13-5-7-2-1-3-8(4-7)6-15-10-9(14)11(16)12(10)17;/h1,3,5-7,11H,2,4H2,(H2,20,24)(H,22,27)(H,28,29)(H,23,25,30);1-4,15H,5-6,13-14H2;1H/t11-;;/m0../s1. The summed E-state index contributed by atoms with van der Waals surface area (Å²) in [7, 11) is 0. The number of nitrogen functional groups attached to an aromatic ring is 2. The van der Waals surface area contributed by atoms with Crippen LogP contribution in [0.25, 0.3) is 17.0 Å². The second-order valence-corrected chi connectivity index (χ2v) is 10.9. The molecular formula is C31H29ClN10O7. The second kappa shape index (κ2) is 13.8. The number of fused-ring (bicyclic) bond motifs is 2. The average Bonchev–Trinajstić information content (AvgIpc) is 3.81. The van der Waals surface area contributed by atoms with Crippen molar-refractivity contribution in [3.63, 3.8) is 0 Å². The highest BCUT2D eigenvalue weighted by Crippen LogP contribution is 2.33. The summed E-state index contributed by atoms with van der Waals surface area (Å²) in [5, 5.41) is 22.8. The van der Waals surface area contributed by atoms with Gasteiger partial charge in [0.2, 0.25) is 0 Å². The van der Waals surface area contributed by atoms with Crippen LogP contribution in [0.4, 0.5) is 17.2 Å². The first-order valence-corrected chi connectivity index (χ1v) is 14.5. The fraction of sp³-hybridized carbons (Fsp3) is 0.161. The number of nitrogens with two attached hydrogens (primary N) is 3. The number of aromatic carboxylic acids is 1. The molecule has 0 radical (unpaired) electrons. The summed E-state index contributed by atoms with van der Waals surface area (Å²) in [5.74, 6) is -1.96. The average molecular weight is 689 g/mol. The van der Waals surface area contributed by atoms with Gasteiger partial charge in [-0.05, 0) is 41.2 Å². The van der Waals surface area contributed by atoms with Crippen LogP contribution in [0.3, 0.4) is 0 Å². The molecule has 18 heteroatoms. The van der Waals surface area contributed by atoms with E-state index in [-0.39, 0.29) is 52.7 Å². The van der Waals surface area contributed by atoms with E-state index < -0.39 is 28.5 Å². The summed E-state index contributed by atoms with van der Waals surface area (Å²) in [6.07, 6.45) is 1.37. The van der Waals surface area contributed by atoms with Gasteiger partial charge in [0.25, 0.3) is 16.8 Å². The molecule has 0 fully saturated rings. The largest absolute Gasteiger partial charge is 0.477 e. The first-order valence-electron chi connectivity index (χ1n) is 14.5. The normalized spacial score (nSPS) is 13.3. The number of rotatable bonds is 8. The molecule has 0 spiro atoms. The lowest BCUT2D eigenvalue weighted by molar-refractivity contribution is 0.0687. The van der Waals surface area contributed by atoms with Crippen molar-refractivity contribution >= 4 is 47.1 Å². The number of carboxylic acid groups (broad SMARTS) is 1. The molecule has 1 amide bonds. The van der Waals surface area contributed by atoms with Crippen LogP contribution in [-0.4, -0.2) is 41.7 Å². The lowest BCUT2D eigenvalue weighted by Gasteiger charge is -2.14. The Balaban J connectivity index is 0.000000221. The van der Waals surface area contributed by atoms with Crippen molar-refractivity contribution in [3.05, 3.63) is 119 Å². The van der Waals surface area contributed by atoms with Crippen LogP contribution in [-0.2, 0) is 19.5 Å². The predicted molar refractivity (Wildman–Crippen MR) is 180 cm³/mol. The molecule has 6 aromatic rings. The van der Waals surface area contributed by atoms with E-state index in [9.17, 15) is 29.1 Å². The number of carboxylic acids is 1. The summed E-state index contributed by atoms with van der Waals surface area (Å²) in [5.41, 5.74) is 20.2. The fourth-order valence-electron chi connectivity index (χ4n) is 5.40. The number of aromatic nitrogens is 5. The van der Waals surface area contributed by atoms with Gasteiger partial charge in [-0.25, -0.2) is 19.1 Å². The highest BCUT2D eigenvalue weighted by molar-refractivity contribution is 5.96. The molecule has 49 heavy (non-hydrogen) atoms. The maximum absolute atomic E-state index is 12.8. The molecule has 1 aliphatic rings. The van der Waals surface area contributed by atoms with Gasteiger partial charge >= 0.3 is 11.7 Å². The molecule has 252 valence electrons. The number of amides is 1. The monoisotopic (exact) mass is 688 g/mol. The van der Waals surface area contributed by atoms with Crippen molar-refractivity contribution in [2.24, 2.45) is 5.73 Å². The van der Waals surface area contributed by atoms with Crippen molar-refractivity contribution < 1.29 is 19.2 Å². The zero-order valence-electron chi connectivity index (χ0n) is 25.4. The first kappa shape index (κ1) is 34.0. The van der Waals surface area contributed by atoms with Crippen molar-refractivity contribution in [3.8, 4) is 11.4 Å². The minimum absolute atomic E-state index is 0. The molecule has 1 atom stereocenters. The van der Waals surface area contributed by atoms with E-state index in [2.05, 4.69) is 35.4 Å². The molecule has 17 nitrogen and oxygen atoms in total. The topological polar surface area (TPSA) is 280 Å². The van der Waals surface area contributed by atoms with Crippen LogP contribution in [0.1, 0.15) is 55.7 Å². The Morgan fingerprint density at radius 2 is 1.82 bits per heavy atom. The van der Waals surface area contributed by atoms with Gasteiger partial charge in [0.05, 0.1) is 6.04 Å². The van der Waals surface area contributed by atoms with E-state index in [0.29, 0.717) is 37.3 Å². The summed E-state index contributed by atoms with van der Waals surface area (Å²) < 4.78 is 5.62. The molecule has 0 bridgehead atoms. The van der Waals surface area contributed by atoms with Crippen LogP contribution in [0.15, 0.2) is 73.5 Å². The molecular weight excluding hydrogens is 660 g/mol. The van der Waals surface area contributed by atoms with E-state index in [0.717, 1.165) is 32.8 Å². The van der Waals surface area contributed by atoms with Crippen molar-refractivity contribution in [1.29, 1.82) is 0 Å². The Morgan fingerprint density at radius 3 is 2.51 bits per heavy atom. The molecule has 3 aromatic heterocycles. The smallest absolute Gasteiger partial charge is 0.439 e. The molecule has 10 N–H and O–H groups in total. The third kappa shape index (κ3) is 6.87. The van der Waals surface area contributed by atoms with Crippen LogP contribution >= 0.6 is 12.4 Å². The van der Waals surface area contributed by atoms with E-state index >= 15 is 0 Å². The van der Waals surface area contributed by atoms with Gasteiger partial charge in [-0.2, -0.15) is 0 Å². The minimum Gasteiger partial charge on any atom is -0.477 e. The van der Waals surface area contributed by atoms with Crippen LogP contribution in [0, 0.1) is 0 Å². The molecule has 0 aliphatic heterocycles. The van der Waals surface area contributed by atoms with E-state index in [1.807, 2.05) is 36.4 Å². The highest BCUT2D eigenvalue weighted by atomic mass is 35.5. The molecule has 3 aromatic carbocycles. The molecule has 0 unspecified atom stereocenters. The van der Waals surface area contributed by atoms with Gasteiger partial charge in [-0.1, -0.05) is 41.6 Å². The summed E-state index contributed by atoms with van der Waals surface area (Å²) in [6, 6.07) is 15.5. The number of halogens is 1. The number of anilines is 3. The third-order valence-electron chi connectivity index (χ3n) is 7.78. The van der Waals surface area contributed by atoms with Gasteiger partial charge in [-0.3, -0.25) is 23.9 Å². The minimum atomic E-state index is -1.26. The van der Waals surface area contributed by atoms with Crippen LogP contribution < -0.4 is 44.4 Å². The van der Waals surface area contributed by atoms with Crippen LogP contribution in [0.2, 0.25) is 0 Å². The SMILES string of the molecule is Cl.NCc1cccc(CNc2c(N)c(=O)c2=O)c1.Nc1cc2nc(C(=O)N[C@H]3CCc4cc(-c5noc(=O)[nH]5)ccc43)cc(C(=O)O)n2n1. The Morgan fingerprint density at radius 1 is 1.04 bits per heavy atom. The lowest BCUT2D eigenvalue weighted by atomic mass is 10.0. The molecule has 1 aliphatic carbocycles. The highest BCUT2D eigenvalue weighted by Gasteiger charge is 2.27. The Labute approximate surface area is 281 Å². The number of nitrogens with one attached hydrogen (secondary N) is 3. The van der Waals surface area contributed by atoms with Gasteiger partial charge in [-0.15, -0.1) is 17.5 Å². The Hall–Kier alpha value is -6.33. The first-order chi connectivity index (χ1) is 23.0. The number of H-pyrrole nitrogens is 1. The number of carbonyl (C=O) groups excluding carboxylic acids is 1. The van der Waals surface area contributed by atoms with Gasteiger partial charge in [0, 0.05) is 30.8 Å². The Kier molecular flexibility index (Phi) is 9.58. The molecule has 7 rings (SSSR count). The van der Waals surface area contributed by atoms with E-state index in [1.165, 1.54) is 6.07 Å². The van der Waals surface area contributed by atoms with E-state index in [4.69, 9.17) is 17.2 Å². The Bertz CT molecular complexity index is 2340. The van der Waals surface area contributed by atoms with E-state index in [1.54, 1.807) is 6.07 Å². The maximum atomic E-state index is 12.8. The number of carbonyl (C=O) groups is 2. The maximum Gasteiger partial charge on any atom is 0.439 e. The molecule has 0 saturated heterocycles. The molecule has 3 heterocycles. The number of benzene rings is 2. The zero-order chi connectivity index (χ0) is 34.1. The zero-order valence-corrected chi connectivity index (χ0v) is 26.2. The second-order valence-electron chi connectivity index (χ2n) is 10.9. The fourth-order valence-corrected chi connectivity index (χ4v) is 5.40. The van der Waals surface area contributed by atoms with Gasteiger partial charge in [0.15, 0.2) is 17.2 Å². The van der Waals surface area contributed by atoms with Gasteiger partial charge < -0.3 is 32.9 Å². The van der Waals surface area contributed by atoms with Gasteiger partial charge in [0.1, 0.15) is 22.9 Å². The quantitative estimate of drug-likeness (QED) is 0.110. The van der Waals surface area contributed by atoms with Crippen LogP contribution in [0.5, 0.6) is 0 Å². The number of hydrogen-bond acceptors (Lipinski definition) is 13. The summed E-state index contributed by atoms with van der Waals surface area (Å²) in [6.45, 7) is 0.916. The predicted octanol–water partition coefficient (Wildman–Crippen LogP) is 1.13. The van der Waals surface area contributed by atoms with Crippen molar-refractivity contribution in [1.82, 2.24) is 30.1 Å². The number of hydrogen-bond donors (Lipinski definition) is 7. The summed E-state index contributed by atoms with van der Waals surface area (Å²) in [4.78, 5) is 64.3. The number of nitrogens with zero attached hydrogens (tertiary/aromatic N) is 4. The number of aryl methyl sites for hydroxylation is 1. The summed E-state index contributed by atoms with van der Waals surface area (Å²) >= 11 is 0. The lowest BCUT2D eigenvalue weighted by Crippen LogP contribution is -2.36. The van der Waals surface area contributed by atoms with Crippen molar-refractivity contribution in [2.75, 3.05) is 16.8 Å². The molecule has 0 saturated carbocycles. The third-order valence-corrected chi connectivity index (χ3v) is 7.78. The van der Waals surface area contributed by atoms with Crippen molar-refractivity contribution in [2.45, 2.75) is 32.0 Å².